The molecule has 0 atom stereocenters. The number of nitrogens with one attached hydrogen (secondary N) is 1. The van der Waals surface area contributed by atoms with Gasteiger partial charge in [0.05, 0.1) is 22.6 Å². The summed E-state index contributed by atoms with van der Waals surface area (Å²) in [5.74, 6) is -0.383. The molecular formula is C19H24N2O4S. The van der Waals surface area contributed by atoms with E-state index in [9.17, 15) is 19.2 Å². The lowest BCUT2D eigenvalue weighted by atomic mass is 9.85. The maximum Gasteiger partial charge on any atom is 0.261 e. The van der Waals surface area contributed by atoms with Crippen LogP contribution in [-0.2, 0) is 15.0 Å². The van der Waals surface area contributed by atoms with Crippen LogP contribution >= 0.6 is 11.8 Å². The van der Waals surface area contributed by atoms with Crippen molar-refractivity contribution in [3.63, 3.8) is 0 Å². The van der Waals surface area contributed by atoms with Crippen LogP contribution in [0.3, 0.4) is 0 Å². The van der Waals surface area contributed by atoms with Crippen LogP contribution in [0.15, 0.2) is 18.2 Å². The topological polar surface area (TPSA) is 83.6 Å². The summed E-state index contributed by atoms with van der Waals surface area (Å²) < 4.78 is 0. The van der Waals surface area contributed by atoms with Crippen molar-refractivity contribution in [1.82, 2.24) is 10.2 Å². The van der Waals surface area contributed by atoms with Gasteiger partial charge in [-0.3, -0.25) is 24.1 Å². The quantitative estimate of drug-likeness (QED) is 0.736. The van der Waals surface area contributed by atoms with Gasteiger partial charge in [0, 0.05) is 13.1 Å². The fourth-order valence-electron chi connectivity index (χ4n) is 2.61. The lowest BCUT2D eigenvalue weighted by Gasteiger charge is -2.19. The molecule has 6 nitrogen and oxygen atoms in total. The van der Waals surface area contributed by atoms with Gasteiger partial charge in [-0.15, -0.1) is 11.8 Å². The second kappa shape index (κ2) is 8.03. The standard InChI is InChI=1S/C19H24N2O4S/c1-12(22)10-26-11-16(23)20-7-8-21-17(24)14-6-5-13(19(2,3)4)9-15(14)18(21)25/h5-6,9H,7-8,10-11H2,1-4H3,(H,20,23). The zero-order valence-electron chi connectivity index (χ0n) is 15.5. The number of nitrogens with zero attached hydrogens (tertiary/aromatic N) is 1. The van der Waals surface area contributed by atoms with Crippen LogP contribution in [-0.4, -0.2) is 53.0 Å². The number of amides is 3. The molecule has 0 fully saturated rings. The Morgan fingerprint density at radius 2 is 1.73 bits per heavy atom. The number of hydrogen-bond donors (Lipinski definition) is 1. The van der Waals surface area contributed by atoms with E-state index in [2.05, 4.69) is 5.32 Å². The molecule has 1 aliphatic heterocycles. The molecule has 0 spiro atoms. The van der Waals surface area contributed by atoms with Crippen LogP contribution in [0.2, 0.25) is 0 Å². The zero-order chi connectivity index (χ0) is 19.5. The Kier molecular flexibility index (Phi) is 6.23. The van der Waals surface area contributed by atoms with Gasteiger partial charge in [0.15, 0.2) is 0 Å². The third-order valence-corrected chi connectivity index (χ3v) is 5.11. The monoisotopic (exact) mass is 376 g/mol. The van der Waals surface area contributed by atoms with Gasteiger partial charge in [-0.05, 0) is 30.0 Å². The summed E-state index contributed by atoms with van der Waals surface area (Å²) in [6.07, 6.45) is 0. The molecule has 26 heavy (non-hydrogen) atoms. The second-order valence-electron chi connectivity index (χ2n) is 7.32. The van der Waals surface area contributed by atoms with Gasteiger partial charge < -0.3 is 5.32 Å². The van der Waals surface area contributed by atoms with Crippen molar-refractivity contribution in [1.29, 1.82) is 0 Å². The highest BCUT2D eigenvalue weighted by Gasteiger charge is 2.36. The molecule has 1 aromatic rings. The van der Waals surface area contributed by atoms with Gasteiger partial charge in [-0.2, -0.15) is 0 Å². The molecule has 7 heteroatoms. The summed E-state index contributed by atoms with van der Waals surface area (Å²) in [6, 6.07) is 5.36. The third kappa shape index (κ3) is 4.72. The molecule has 0 saturated heterocycles. The second-order valence-corrected chi connectivity index (χ2v) is 8.30. The number of benzene rings is 1. The smallest absolute Gasteiger partial charge is 0.261 e. The van der Waals surface area contributed by atoms with E-state index in [1.807, 2.05) is 26.8 Å². The van der Waals surface area contributed by atoms with Gasteiger partial charge >= 0.3 is 0 Å². The third-order valence-electron chi connectivity index (χ3n) is 4.03. The summed E-state index contributed by atoms with van der Waals surface area (Å²) in [5, 5.41) is 2.67. The van der Waals surface area contributed by atoms with Crippen molar-refractivity contribution in [3.8, 4) is 0 Å². The minimum absolute atomic E-state index is 0.0171. The van der Waals surface area contributed by atoms with Crippen LogP contribution < -0.4 is 5.32 Å². The maximum absolute atomic E-state index is 12.6. The highest BCUT2D eigenvalue weighted by atomic mass is 32.2. The van der Waals surface area contributed by atoms with Crippen molar-refractivity contribution < 1.29 is 19.2 Å². The molecular weight excluding hydrogens is 352 g/mol. The Morgan fingerprint density at radius 1 is 1.08 bits per heavy atom. The molecule has 0 saturated carbocycles. The van der Waals surface area contributed by atoms with Crippen molar-refractivity contribution in [2.45, 2.75) is 33.1 Å². The van der Waals surface area contributed by atoms with Crippen molar-refractivity contribution >= 4 is 35.3 Å². The van der Waals surface area contributed by atoms with Gasteiger partial charge in [0.1, 0.15) is 5.78 Å². The van der Waals surface area contributed by atoms with E-state index in [4.69, 9.17) is 0 Å². The number of rotatable bonds is 7. The van der Waals surface area contributed by atoms with Crippen LogP contribution in [0.25, 0.3) is 0 Å². The molecule has 0 bridgehead atoms. The van der Waals surface area contributed by atoms with E-state index < -0.39 is 0 Å². The summed E-state index contributed by atoms with van der Waals surface area (Å²) >= 11 is 1.24. The van der Waals surface area contributed by atoms with Crippen LogP contribution in [0.1, 0.15) is 54.0 Å². The van der Waals surface area contributed by atoms with Gasteiger partial charge in [0.25, 0.3) is 11.8 Å². The number of fused-ring (bicyclic) bond motifs is 1. The normalized spacial score (nSPS) is 13.8. The summed E-state index contributed by atoms with van der Waals surface area (Å²) in [5.41, 5.74) is 1.71. The fourth-order valence-corrected chi connectivity index (χ4v) is 3.28. The Hall–Kier alpha value is -2.15. The molecule has 0 radical (unpaired) electrons. The summed E-state index contributed by atoms with van der Waals surface area (Å²) in [6.45, 7) is 7.93. The summed E-state index contributed by atoms with van der Waals surface area (Å²) in [7, 11) is 0. The predicted molar refractivity (Wildman–Crippen MR) is 102 cm³/mol. The van der Waals surface area contributed by atoms with Crippen LogP contribution in [0.4, 0.5) is 0 Å². The highest BCUT2D eigenvalue weighted by molar-refractivity contribution is 8.00. The maximum atomic E-state index is 12.6. The van der Waals surface area contributed by atoms with Crippen molar-refractivity contribution in [2.24, 2.45) is 0 Å². The average molecular weight is 376 g/mol. The largest absolute Gasteiger partial charge is 0.354 e. The first-order valence-corrected chi connectivity index (χ1v) is 9.61. The number of Topliss-reactive ketones (excluding diaryl/α,β-unsaturated/α-hetero) is 1. The fraction of sp³-hybridized carbons (Fsp3) is 0.474. The molecule has 2 rings (SSSR count). The number of ketones is 1. The molecule has 1 aromatic carbocycles. The molecule has 140 valence electrons. The Bertz CT molecular complexity index is 752. The first-order valence-electron chi connectivity index (χ1n) is 8.46. The lowest BCUT2D eigenvalue weighted by Crippen LogP contribution is -2.38. The molecule has 0 aliphatic carbocycles. The number of imide groups is 1. The molecule has 3 amide bonds. The molecule has 1 aliphatic rings. The summed E-state index contributed by atoms with van der Waals surface area (Å²) in [4.78, 5) is 48.7. The first kappa shape index (κ1) is 20.2. The average Bonchev–Trinajstić information content (AvgIpc) is 2.78. The van der Waals surface area contributed by atoms with Gasteiger partial charge in [-0.25, -0.2) is 0 Å². The molecule has 1 heterocycles. The highest BCUT2D eigenvalue weighted by Crippen LogP contribution is 2.29. The van der Waals surface area contributed by atoms with Crippen molar-refractivity contribution in [3.05, 3.63) is 34.9 Å². The van der Waals surface area contributed by atoms with E-state index >= 15 is 0 Å². The lowest BCUT2D eigenvalue weighted by molar-refractivity contribution is -0.118. The molecule has 0 aromatic heterocycles. The van der Waals surface area contributed by atoms with E-state index in [0.29, 0.717) is 16.9 Å². The minimum Gasteiger partial charge on any atom is -0.354 e. The predicted octanol–water partition coefficient (Wildman–Crippen LogP) is 2.02. The number of carbonyl (C=O) groups excluding carboxylic acids is 4. The van der Waals surface area contributed by atoms with Gasteiger partial charge in [0.2, 0.25) is 5.91 Å². The Balaban J connectivity index is 1.93. The SMILES string of the molecule is CC(=O)CSCC(=O)NCCN1C(=O)c2ccc(C(C)(C)C)cc2C1=O. The number of carbonyl (C=O) groups is 4. The molecule has 0 unspecified atom stereocenters. The Labute approximate surface area is 157 Å². The van der Waals surface area contributed by atoms with E-state index in [-0.39, 0.29) is 47.8 Å². The van der Waals surface area contributed by atoms with E-state index in [0.717, 1.165) is 5.56 Å². The minimum atomic E-state index is -0.328. The number of hydrogen-bond acceptors (Lipinski definition) is 5. The van der Waals surface area contributed by atoms with Crippen LogP contribution in [0.5, 0.6) is 0 Å². The van der Waals surface area contributed by atoms with E-state index in [1.54, 1.807) is 12.1 Å². The Morgan fingerprint density at radius 3 is 2.35 bits per heavy atom. The van der Waals surface area contributed by atoms with E-state index in [1.165, 1.54) is 23.6 Å². The number of thioether (sulfide) groups is 1. The molecule has 1 N–H and O–H groups in total. The first-order chi connectivity index (χ1) is 12.1. The van der Waals surface area contributed by atoms with Gasteiger partial charge in [-0.1, -0.05) is 26.8 Å². The van der Waals surface area contributed by atoms with Crippen LogP contribution in [0, 0.1) is 0 Å². The van der Waals surface area contributed by atoms with Crippen molar-refractivity contribution in [2.75, 3.05) is 24.6 Å². The zero-order valence-corrected chi connectivity index (χ0v) is 16.4.